The Morgan fingerprint density at radius 1 is 1.10 bits per heavy atom. The molecular formula is C22H22Cl2IN3O2. The number of nitrogens with zero attached hydrogens (tertiary/aromatic N) is 3. The lowest BCUT2D eigenvalue weighted by Gasteiger charge is -2.13. The Hall–Kier alpha value is -1.90. The number of aryl methyl sites for hydroxylation is 2. The van der Waals surface area contributed by atoms with Crippen LogP contribution in [0.15, 0.2) is 42.9 Å². The van der Waals surface area contributed by atoms with Crippen molar-refractivity contribution in [2.24, 2.45) is 7.05 Å². The molecule has 2 aromatic carbocycles. The summed E-state index contributed by atoms with van der Waals surface area (Å²) >= 11 is 8.76. The molecule has 0 aliphatic rings. The van der Waals surface area contributed by atoms with Gasteiger partial charge in [0, 0.05) is 41.8 Å². The third kappa shape index (κ3) is 3.76. The van der Waals surface area contributed by atoms with Gasteiger partial charge in [-0.1, -0.05) is 17.7 Å². The van der Waals surface area contributed by atoms with Gasteiger partial charge in [-0.25, -0.2) is 4.98 Å². The molecule has 0 saturated carbocycles. The quantitative estimate of drug-likeness (QED) is 0.266. The maximum atomic E-state index is 6.51. The summed E-state index contributed by atoms with van der Waals surface area (Å²) in [7, 11) is 5.29. The van der Waals surface area contributed by atoms with Crippen molar-refractivity contribution in [2.45, 2.75) is 13.5 Å². The molecule has 4 aromatic rings. The molecule has 30 heavy (non-hydrogen) atoms. The number of halogens is 3. The number of hydrogen-bond donors (Lipinski definition) is 0. The second-order valence-corrected chi connectivity index (χ2v) is 8.31. The SMILES string of the molecule is CCn1cc(Cl)c2cc(-c3c(-c4cc(I)c(OC)c(OC)c4)ncn3C)ccc21.Cl. The number of hydrogen-bond acceptors (Lipinski definition) is 3. The summed E-state index contributed by atoms with van der Waals surface area (Å²) in [5.41, 5.74) is 5.07. The molecule has 0 unspecified atom stereocenters. The van der Waals surface area contributed by atoms with Crippen molar-refractivity contribution in [3.63, 3.8) is 0 Å². The minimum absolute atomic E-state index is 0. The van der Waals surface area contributed by atoms with E-state index in [0.29, 0.717) is 5.75 Å². The van der Waals surface area contributed by atoms with Gasteiger partial charge in [0.25, 0.3) is 0 Å². The highest BCUT2D eigenvalue weighted by molar-refractivity contribution is 14.1. The van der Waals surface area contributed by atoms with Crippen LogP contribution in [-0.2, 0) is 13.6 Å². The topological polar surface area (TPSA) is 41.2 Å². The van der Waals surface area contributed by atoms with Crippen molar-refractivity contribution in [3.05, 3.63) is 51.4 Å². The van der Waals surface area contributed by atoms with Gasteiger partial charge < -0.3 is 18.6 Å². The van der Waals surface area contributed by atoms with Gasteiger partial charge in [-0.05, 0) is 53.8 Å². The molecule has 4 rings (SSSR count). The van der Waals surface area contributed by atoms with E-state index in [9.17, 15) is 0 Å². The van der Waals surface area contributed by atoms with Crippen LogP contribution in [0.3, 0.4) is 0 Å². The molecule has 0 aliphatic heterocycles. The van der Waals surface area contributed by atoms with Crippen LogP contribution >= 0.6 is 46.6 Å². The molecule has 5 nitrogen and oxygen atoms in total. The predicted molar refractivity (Wildman–Crippen MR) is 133 cm³/mol. The van der Waals surface area contributed by atoms with E-state index in [1.54, 1.807) is 14.2 Å². The van der Waals surface area contributed by atoms with E-state index >= 15 is 0 Å². The van der Waals surface area contributed by atoms with Crippen LogP contribution in [0.5, 0.6) is 11.5 Å². The molecule has 2 aromatic heterocycles. The molecule has 0 spiro atoms. The van der Waals surface area contributed by atoms with Crippen molar-refractivity contribution in [1.82, 2.24) is 14.1 Å². The van der Waals surface area contributed by atoms with Gasteiger partial charge in [-0.15, -0.1) is 12.4 Å². The summed E-state index contributed by atoms with van der Waals surface area (Å²) in [4.78, 5) is 4.68. The average molecular weight is 558 g/mol. The number of methoxy groups -OCH3 is 2. The monoisotopic (exact) mass is 557 g/mol. The molecule has 2 heterocycles. The van der Waals surface area contributed by atoms with E-state index in [1.165, 1.54) is 0 Å². The number of benzene rings is 2. The average Bonchev–Trinajstić information content (AvgIpc) is 3.26. The van der Waals surface area contributed by atoms with E-state index in [2.05, 4.69) is 63.3 Å². The van der Waals surface area contributed by atoms with Crippen LogP contribution in [-0.4, -0.2) is 28.3 Å². The number of rotatable bonds is 5. The van der Waals surface area contributed by atoms with E-state index in [4.69, 9.17) is 21.1 Å². The molecule has 0 fully saturated rings. The summed E-state index contributed by atoms with van der Waals surface area (Å²) in [6, 6.07) is 10.4. The van der Waals surface area contributed by atoms with Crippen molar-refractivity contribution in [2.75, 3.05) is 14.2 Å². The van der Waals surface area contributed by atoms with Gasteiger partial charge in [0.2, 0.25) is 0 Å². The van der Waals surface area contributed by atoms with E-state index < -0.39 is 0 Å². The van der Waals surface area contributed by atoms with Crippen molar-refractivity contribution in [3.8, 4) is 34.0 Å². The second kappa shape index (κ2) is 9.08. The largest absolute Gasteiger partial charge is 0.493 e. The maximum Gasteiger partial charge on any atom is 0.174 e. The molecule has 158 valence electrons. The van der Waals surface area contributed by atoms with Gasteiger partial charge in [0.1, 0.15) is 0 Å². The minimum atomic E-state index is 0. The lowest BCUT2D eigenvalue weighted by Crippen LogP contribution is -1.96. The first kappa shape index (κ1) is 22.8. The molecular weight excluding hydrogens is 536 g/mol. The van der Waals surface area contributed by atoms with Crippen molar-refractivity contribution >= 4 is 57.5 Å². The highest BCUT2D eigenvalue weighted by atomic mass is 127. The van der Waals surface area contributed by atoms with Gasteiger partial charge in [-0.3, -0.25) is 0 Å². The highest BCUT2D eigenvalue weighted by Crippen LogP contribution is 2.40. The minimum Gasteiger partial charge on any atom is -0.493 e. The normalized spacial score (nSPS) is 10.9. The number of aromatic nitrogens is 3. The highest BCUT2D eigenvalue weighted by Gasteiger charge is 2.19. The van der Waals surface area contributed by atoms with Gasteiger partial charge >= 0.3 is 0 Å². The summed E-state index contributed by atoms with van der Waals surface area (Å²) in [6.07, 6.45) is 3.81. The zero-order valence-corrected chi connectivity index (χ0v) is 20.8. The Labute approximate surface area is 200 Å². The Morgan fingerprint density at radius 3 is 2.53 bits per heavy atom. The second-order valence-electron chi connectivity index (χ2n) is 6.74. The standard InChI is InChI=1S/C22H21ClIN3O2.ClH/c1-5-27-11-16(23)15-8-13(6-7-18(15)27)21-20(25-12-26(21)2)14-9-17(24)22(29-4)19(10-14)28-3;/h6-12H,5H2,1-4H3;1H. The fourth-order valence-electron chi connectivity index (χ4n) is 3.70. The zero-order valence-electron chi connectivity index (χ0n) is 17.1. The van der Waals surface area contributed by atoms with Gasteiger partial charge in [-0.2, -0.15) is 0 Å². The molecule has 0 bridgehead atoms. The Balaban J connectivity index is 0.00000256. The van der Waals surface area contributed by atoms with Crippen molar-refractivity contribution < 1.29 is 9.47 Å². The van der Waals surface area contributed by atoms with E-state index in [0.717, 1.165) is 54.3 Å². The zero-order chi connectivity index (χ0) is 20.7. The first-order chi connectivity index (χ1) is 14.0. The first-order valence-electron chi connectivity index (χ1n) is 9.20. The fourth-order valence-corrected chi connectivity index (χ4v) is 4.79. The van der Waals surface area contributed by atoms with Crippen molar-refractivity contribution in [1.29, 1.82) is 0 Å². The summed E-state index contributed by atoms with van der Waals surface area (Å²) in [5.74, 6) is 1.41. The molecule has 8 heteroatoms. The molecule has 0 radical (unpaired) electrons. The fraction of sp³-hybridized carbons (Fsp3) is 0.227. The van der Waals surface area contributed by atoms with E-state index in [1.807, 2.05) is 30.2 Å². The maximum absolute atomic E-state index is 6.51. The van der Waals surface area contributed by atoms with Crippen LogP contribution in [0.4, 0.5) is 0 Å². The van der Waals surface area contributed by atoms with Crippen LogP contribution < -0.4 is 9.47 Å². The first-order valence-corrected chi connectivity index (χ1v) is 10.7. The summed E-state index contributed by atoms with van der Waals surface area (Å²) in [5, 5.41) is 1.80. The third-order valence-corrected chi connectivity index (χ3v) is 6.19. The van der Waals surface area contributed by atoms with E-state index in [-0.39, 0.29) is 12.4 Å². The lowest BCUT2D eigenvalue weighted by atomic mass is 10.0. The number of fused-ring (bicyclic) bond motifs is 1. The Kier molecular flexibility index (Phi) is 6.89. The third-order valence-electron chi connectivity index (χ3n) is 5.09. The molecule has 0 saturated heterocycles. The van der Waals surface area contributed by atoms with Crippen LogP contribution in [0.25, 0.3) is 33.4 Å². The number of imidazole rings is 1. The molecule has 0 N–H and O–H groups in total. The molecule has 0 atom stereocenters. The Bertz CT molecular complexity index is 1220. The van der Waals surface area contributed by atoms with Gasteiger partial charge in [0.05, 0.1) is 40.5 Å². The molecule has 0 amide bonds. The van der Waals surface area contributed by atoms with Crippen LogP contribution in [0.1, 0.15) is 6.92 Å². The van der Waals surface area contributed by atoms with Crippen LogP contribution in [0.2, 0.25) is 5.02 Å². The van der Waals surface area contributed by atoms with Crippen LogP contribution in [0, 0.1) is 3.57 Å². The van der Waals surface area contributed by atoms with Gasteiger partial charge in [0.15, 0.2) is 11.5 Å². The molecule has 0 aliphatic carbocycles. The Morgan fingerprint density at radius 2 is 1.87 bits per heavy atom. The predicted octanol–water partition coefficient (Wildman–Crippen LogP) is 6.43. The summed E-state index contributed by atoms with van der Waals surface area (Å²) < 4.78 is 16.2. The lowest BCUT2D eigenvalue weighted by molar-refractivity contribution is 0.353. The number of ether oxygens (including phenoxy) is 2. The smallest absolute Gasteiger partial charge is 0.174 e. The summed E-state index contributed by atoms with van der Waals surface area (Å²) in [6.45, 7) is 2.99.